The van der Waals surface area contributed by atoms with E-state index in [0.29, 0.717) is 15.6 Å². The van der Waals surface area contributed by atoms with E-state index in [4.69, 9.17) is 28.3 Å². The minimum absolute atomic E-state index is 0.0455. The highest BCUT2D eigenvalue weighted by atomic mass is 35.5. The topological polar surface area (TPSA) is 66.4 Å². The van der Waals surface area contributed by atoms with Crippen LogP contribution in [0.15, 0.2) is 18.2 Å². The van der Waals surface area contributed by atoms with Crippen LogP contribution in [0.25, 0.3) is 0 Å². The zero-order chi connectivity index (χ0) is 13.0. The van der Waals surface area contributed by atoms with E-state index in [-0.39, 0.29) is 6.42 Å². The molecular weight excluding hydrogens is 265 g/mol. The summed E-state index contributed by atoms with van der Waals surface area (Å²) in [6, 6.07) is 3.98. The minimum Gasteiger partial charge on any atom is -0.480 e. The van der Waals surface area contributed by atoms with Gasteiger partial charge in [0.2, 0.25) is 5.91 Å². The van der Waals surface area contributed by atoms with Crippen molar-refractivity contribution in [3.8, 4) is 0 Å². The molecule has 17 heavy (non-hydrogen) atoms. The molecule has 1 aromatic rings. The minimum atomic E-state index is -1.09. The van der Waals surface area contributed by atoms with Gasteiger partial charge in [0, 0.05) is 10.0 Å². The van der Waals surface area contributed by atoms with Crippen molar-refractivity contribution in [2.24, 2.45) is 0 Å². The van der Waals surface area contributed by atoms with Crippen molar-refractivity contribution in [2.45, 2.75) is 19.4 Å². The Balaban J connectivity index is 2.72. The summed E-state index contributed by atoms with van der Waals surface area (Å²) in [7, 11) is 0. The summed E-state index contributed by atoms with van der Waals surface area (Å²) in [4.78, 5) is 22.1. The highest BCUT2D eigenvalue weighted by molar-refractivity contribution is 6.36. The number of amides is 1. The van der Waals surface area contributed by atoms with E-state index in [9.17, 15) is 9.59 Å². The normalized spacial score (nSPS) is 11.9. The first kappa shape index (κ1) is 13.8. The number of carbonyl (C=O) groups excluding carboxylic acids is 1. The maximum atomic E-state index is 11.5. The molecule has 0 aliphatic heterocycles. The number of rotatable bonds is 4. The van der Waals surface area contributed by atoms with Gasteiger partial charge in [-0.25, -0.2) is 0 Å². The first-order chi connectivity index (χ1) is 7.91. The summed E-state index contributed by atoms with van der Waals surface area (Å²) in [5, 5.41) is 11.7. The lowest BCUT2D eigenvalue weighted by molar-refractivity contribution is -0.141. The molecule has 0 unspecified atom stereocenters. The van der Waals surface area contributed by atoms with Crippen molar-refractivity contribution in [2.75, 3.05) is 0 Å². The van der Waals surface area contributed by atoms with Gasteiger partial charge in [-0.3, -0.25) is 9.59 Å². The number of carboxylic acid groups (broad SMARTS) is 1. The quantitative estimate of drug-likeness (QED) is 0.885. The first-order valence-corrected chi connectivity index (χ1v) is 5.62. The number of hydrogen-bond donors (Lipinski definition) is 2. The smallest absolute Gasteiger partial charge is 0.325 e. The highest BCUT2D eigenvalue weighted by Crippen LogP contribution is 2.24. The third-order valence-corrected chi connectivity index (χ3v) is 2.86. The van der Waals surface area contributed by atoms with Crippen LogP contribution < -0.4 is 5.32 Å². The standard InChI is InChI=1S/C11H11Cl2NO3/c1-6(11(16)17)14-10(15)5-7-8(12)3-2-4-9(7)13/h2-4,6H,5H2,1H3,(H,14,15)(H,16,17)/t6-/m0/s1. The van der Waals surface area contributed by atoms with Crippen molar-refractivity contribution in [3.05, 3.63) is 33.8 Å². The SMILES string of the molecule is C[C@H](NC(=O)Cc1c(Cl)cccc1Cl)C(=O)O. The summed E-state index contributed by atoms with van der Waals surface area (Å²) in [5.41, 5.74) is 0.492. The molecule has 0 spiro atoms. The second-order valence-corrected chi connectivity index (χ2v) is 4.32. The van der Waals surface area contributed by atoms with Gasteiger partial charge in [0.25, 0.3) is 0 Å². The van der Waals surface area contributed by atoms with Crippen LogP contribution in [0.3, 0.4) is 0 Å². The third kappa shape index (κ3) is 3.91. The molecule has 0 saturated carbocycles. The van der Waals surface area contributed by atoms with Crippen molar-refractivity contribution in [1.29, 1.82) is 0 Å². The molecule has 1 amide bonds. The Bertz CT molecular complexity index is 428. The Kier molecular flexibility index (Phi) is 4.78. The zero-order valence-electron chi connectivity index (χ0n) is 9.04. The first-order valence-electron chi connectivity index (χ1n) is 4.87. The molecule has 92 valence electrons. The van der Waals surface area contributed by atoms with Crippen LogP contribution >= 0.6 is 23.2 Å². The molecule has 0 aliphatic rings. The van der Waals surface area contributed by atoms with E-state index in [1.165, 1.54) is 6.92 Å². The van der Waals surface area contributed by atoms with Gasteiger partial charge in [-0.1, -0.05) is 29.3 Å². The van der Waals surface area contributed by atoms with E-state index in [2.05, 4.69) is 5.32 Å². The van der Waals surface area contributed by atoms with Gasteiger partial charge in [-0.05, 0) is 24.6 Å². The van der Waals surface area contributed by atoms with Gasteiger partial charge in [-0.2, -0.15) is 0 Å². The molecule has 0 radical (unpaired) electrons. The number of carboxylic acids is 1. The van der Waals surface area contributed by atoms with E-state index < -0.39 is 17.9 Å². The van der Waals surface area contributed by atoms with Crippen molar-refractivity contribution in [3.63, 3.8) is 0 Å². The number of hydrogen-bond acceptors (Lipinski definition) is 2. The summed E-state index contributed by atoms with van der Waals surface area (Å²) in [6.45, 7) is 1.38. The van der Waals surface area contributed by atoms with Gasteiger partial charge in [0.05, 0.1) is 6.42 Å². The number of carbonyl (C=O) groups is 2. The van der Waals surface area contributed by atoms with Crippen LogP contribution in [-0.2, 0) is 16.0 Å². The van der Waals surface area contributed by atoms with E-state index in [0.717, 1.165) is 0 Å². The largest absolute Gasteiger partial charge is 0.480 e. The predicted octanol–water partition coefficient (Wildman–Crippen LogP) is 2.13. The molecule has 0 aliphatic carbocycles. The van der Waals surface area contributed by atoms with Gasteiger partial charge < -0.3 is 10.4 Å². The second-order valence-electron chi connectivity index (χ2n) is 3.50. The van der Waals surface area contributed by atoms with Crippen LogP contribution in [0, 0.1) is 0 Å². The molecule has 0 fully saturated rings. The molecule has 2 N–H and O–H groups in total. The van der Waals surface area contributed by atoms with Gasteiger partial charge in [-0.15, -0.1) is 0 Å². The average Bonchev–Trinajstić information content (AvgIpc) is 2.23. The van der Waals surface area contributed by atoms with Crippen LogP contribution in [0.2, 0.25) is 10.0 Å². The molecule has 1 aromatic carbocycles. The molecule has 6 heteroatoms. The van der Waals surface area contributed by atoms with Crippen LogP contribution in [0.1, 0.15) is 12.5 Å². The molecule has 0 bridgehead atoms. The fourth-order valence-electron chi connectivity index (χ4n) is 1.22. The van der Waals surface area contributed by atoms with Crippen molar-refractivity contribution >= 4 is 35.1 Å². The monoisotopic (exact) mass is 275 g/mol. The van der Waals surface area contributed by atoms with Crippen LogP contribution in [-0.4, -0.2) is 23.0 Å². The van der Waals surface area contributed by atoms with E-state index >= 15 is 0 Å². The number of nitrogens with one attached hydrogen (secondary N) is 1. The molecule has 4 nitrogen and oxygen atoms in total. The Labute approximate surface area is 109 Å². The lowest BCUT2D eigenvalue weighted by atomic mass is 10.1. The lowest BCUT2D eigenvalue weighted by Crippen LogP contribution is -2.39. The zero-order valence-corrected chi connectivity index (χ0v) is 10.5. The predicted molar refractivity (Wildman–Crippen MR) is 65.4 cm³/mol. The van der Waals surface area contributed by atoms with Crippen molar-refractivity contribution < 1.29 is 14.7 Å². The number of halogens is 2. The fourth-order valence-corrected chi connectivity index (χ4v) is 1.75. The molecule has 1 atom stereocenters. The van der Waals surface area contributed by atoms with Crippen molar-refractivity contribution in [1.82, 2.24) is 5.32 Å². The Morgan fingerprint density at radius 2 is 1.88 bits per heavy atom. The highest BCUT2D eigenvalue weighted by Gasteiger charge is 2.16. The summed E-state index contributed by atoms with van der Waals surface area (Å²) in [6.07, 6.45) is -0.0455. The Morgan fingerprint density at radius 3 is 2.35 bits per heavy atom. The Morgan fingerprint density at radius 1 is 1.35 bits per heavy atom. The third-order valence-electron chi connectivity index (χ3n) is 2.15. The summed E-state index contributed by atoms with van der Waals surface area (Å²) >= 11 is 11.8. The molecule has 1 rings (SSSR count). The van der Waals surface area contributed by atoms with Gasteiger partial charge >= 0.3 is 5.97 Å². The molecule has 0 aromatic heterocycles. The second kappa shape index (κ2) is 5.89. The molecular formula is C11H11Cl2NO3. The molecule has 0 saturated heterocycles. The number of aliphatic carboxylic acids is 1. The number of benzene rings is 1. The van der Waals surface area contributed by atoms with E-state index in [1.54, 1.807) is 18.2 Å². The summed E-state index contributed by atoms with van der Waals surface area (Å²) in [5.74, 6) is -1.53. The van der Waals surface area contributed by atoms with Gasteiger partial charge in [0.1, 0.15) is 6.04 Å². The summed E-state index contributed by atoms with van der Waals surface area (Å²) < 4.78 is 0. The van der Waals surface area contributed by atoms with E-state index in [1.807, 2.05) is 0 Å². The fraction of sp³-hybridized carbons (Fsp3) is 0.273. The maximum Gasteiger partial charge on any atom is 0.325 e. The molecule has 0 heterocycles. The average molecular weight is 276 g/mol. The van der Waals surface area contributed by atoms with Crippen LogP contribution in [0.5, 0.6) is 0 Å². The Hall–Kier alpha value is -1.26. The maximum absolute atomic E-state index is 11.5. The lowest BCUT2D eigenvalue weighted by Gasteiger charge is -2.10. The van der Waals surface area contributed by atoms with Crippen LogP contribution in [0.4, 0.5) is 0 Å². The van der Waals surface area contributed by atoms with Gasteiger partial charge in [0.15, 0.2) is 0 Å².